The van der Waals surface area contributed by atoms with Gasteiger partial charge in [-0.3, -0.25) is 9.59 Å². The third-order valence-electron chi connectivity index (χ3n) is 4.81. The van der Waals surface area contributed by atoms with Crippen LogP contribution in [0.4, 0.5) is 0 Å². The van der Waals surface area contributed by atoms with Crippen LogP contribution in [-0.4, -0.2) is 16.1 Å². The van der Waals surface area contributed by atoms with Crippen LogP contribution in [-0.2, 0) is 16.1 Å². The second-order valence-electron chi connectivity index (χ2n) is 6.73. The lowest BCUT2D eigenvalue weighted by Gasteiger charge is -2.12. The monoisotopic (exact) mass is 333 g/mol. The van der Waals surface area contributed by atoms with E-state index in [1.165, 1.54) is 0 Å². The molecule has 0 saturated heterocycles. The van der Waals surface area contributed by atoms with Gasteiger partial charge in [0.25, 0.3) is 0 Å². The fraction of sp³-hybridized carbons (Fsp3) is 0.273. The van der Waals surface area contributed by atoms with E-state index in [2.05, 4.69) is 23.6 Å². The number of nitrogens with zero attached hydrogens (tertiary/aromatic N) is 1. The summed E-state index contributed by atoms with van der Waals surface area (Å²) in [7, 11) is 0. The van der Waals surface area contributed by atoms with E-state index in [-0.39, 0.29) is 11.6 Å². The molecule has 128 valence electrons. The first-order valence-corrected chi connectivity index (χ1v) is 8.60. The van der Waals surface area contributed by atoms with Gasteiger partial charge in [-0.15, -0.1) is 0 Å². The Morgan fingerprint density at radius 3 is 1.28 bits per heavy atom. The molecule has 2 aliphatic carbocycles. The van der Waals surface area contributed by atoms with Gasteiger partial charge < -0.3 is 4.57 Å². The first-order valence-electron chi connectivity index (χ1n) is 8.60. The molecule has 3 heteroatoms. The van der Waals surface area contributed by atoms with Gasteiger partial charge in [0.2, 0.25) is 0 Å². The summed E-state index contributed by atoms with van der Waals surface area (Å²) < 4.78 is 2.23. The number of hydrogen-bond acceptors (Lipinski definition) is 2. The second-order valence-corrected chi connectivity index (χ2v) is 6.73. The van der Waals surface area contributed by atoms with Gasteiger partial charge in [-0.25, -0.2) is 0 Å². The van der Waals surface area contributed by atoms with Crippen molar-refractivity contribution in [3.8, 4) is 0 Å². The van der Waals surface area contributed by atoms with Crippen molar-refractivity contribution < 1.29 is 9.59 Å². The minimum Gasteiger partial charge on any atom is -0.341 e. The summed E-state index contributed by atoms with van der Waals surface area (Å²) in [5.41, 5.74) is 5.17. The fourth-order valence-electron chi connectivity index (χ4n) is 3.51. The number of Topliss-reactive ketones (excluding diaryl/α,β-unsaturated/α-hetero) is 2. The third kappa shape index (κ3) is 2.91. The fourth-order valence-corrected chi connectivity index (χ4v) is 3.51. The Kier molecular flexibility index (Phi) is 4.34. The molecule has 0 atom stereocenters. The zero-order valence-corrected chi connectivity index (χ0v) is 15.4. The maximum Gasteiger partial charge on any atom is 0.184 e. The summed E-state index contributed by atoms with van der Waals surface area (Å²) in [5.74, 6) is 0.215. The third-order valence-corrected chi connectivity index (χ3v) is 4.81. The van der Waals surface area contributed by atoms with E-state index < -0.39 is 0 Å². The maximum absolute atomic E-state index is 12.0. The molecule has 3 rings (SSSR count). The number of allylic oxidation sites excluding steroid dienone is 8. The highest BCUT2D eigenvalue weighted by Gasteiger charge is 2.16. The van der Waals surface area contributed by atoms with Crippen LogP contribution in [0.25, 0.3) is 11.1 Å². The zero-order chi connectivity index (χ0) is 18.3. The van der Waals surface area contributed by atoms with Crippen molar-refractivity contribution in [2.75, 3.05) is 0 Å². The molecule has 3 nitrogen and oxygen atoms in total. The van der Waals surface area contributed by atoms with Gasteiger partial charge in [0.15, 0.2) is 11.6 Å². The molecule has 25 heavy (non-hydrogen) atoms. The Bertz CT molecular complexity index is 907. The molecule has 0 bridgehead atoms. The van der Waals surface area contributed by atoms with Crippen LogP contribution in [0.5, 0.6) is 0 Å². The van der Waals surface area contributed by atoms with E-state index in [1.807, 2.05) is 52.0 Å². The highest BCUT2D eigenvalue weighted by atomic mass is 16.1. The SMILES string of the molecule is CCn1c(=C2C=C(C)C(=O)C(C)=C2)ccc1=C1C=C(C)C(=O)C(C)=C1. The average molecular weight is 333 g/mol. The van der Waals surface area contributed by atoms with Crippen molar-refractivity contribution in [3.05, 3.63) is 69.4 Å². The molecule has 0 saturated carbocycles. The van der Waals surface area contributed by atoms with Crippen LogP contribution in [0, 0.1) is 0 Å². The molecule has 0 aromatic carbocycles. The Balaban J connectivity index is 2.34. The molecular weight excluding hydrogens is 310 g/mol. The van der Waals surface area contributed by atoms with Crippen LogP contribution < -0.4 is 10.7 Å². The standard InChI is InChI=1S/C22H23NO2/c1-6-23-19(17-9-13(2)21(24)14(3)10-17)7-8-20(23)18-11-15(4)22(25)16(5)12-18/h7-12H,6H2,1-5H3. The largest absolute Gasteiger partial charge is 0.341 e. The zero-order valence-electron chi connectivity index (χ0n) is 15.4. The molecule has 0 aliphatic heterocycles. The van der Waals surface area contributed by atoms with Gasteiger partial charge in [0.05, 0.1) is 0 Å². The van der Waals surface area contributed by atoms with Crippen LogP contribution >= 0.6 is 0 Å². The van der Waals surface area contributed by atoms with Crippen molar-refractivity contribution >= 4 is 22.7 Å². The van der Waals surface area contributed by atoms with Crippen molar-refractivity contribution in [2.45, 2.75) is 41.2 Å². The smallest absolute Gasteiger partial charge is 0.184 e. The summed E-state index contributed by atoms with van der Waals surface area (Å²) in [6.45, 7) is 10.4. The first-order chi connectivity index (χ1) is 11.8. The van der Waals surface area contributed by atoms with E-state index in [0.29, 0.717) is 0 Å². The van der Waals surface area contributed by atoms with Crippen molar-refractivity contribution in [2.24, 2.45) is 0 Å². The normalized spacial score (nSPS) is 18.1. The van der Waals surface area contributed by atoms with Gasteiger partial charge in [0.1, 0.15) is 0 Å². The second kappa shape index (κ2) is 6.32. The Morgan fingerprint density at radius 2 is 1.00 bits per heavy atom. The Labute approximate surface area is 148 Å². The number of carbonyl (C=O) groups is 2. The highest BCUT2D eigenvalue weighted by Crippen LogP contribution is 2.19. The average Bonchev–Trinajstić information content (AvgIpc) is 3.00. The molecular formula is C22H23NO2. The summed E-state index contributed by atoms with van der Waals surface area (Å²) >= 11 is 0. The van der Waals surface area contributed by atoms with E-state index in [9.17, 15) is 9.59 Å². The van der Waals surface area contributed by atoms with E-state index >= 15 is 0 Å². The maximum atomic E-state index is 12.0. The van der Waals surface area contributed by atoms with Gasteiger partial charge >= 0.3 is 0 Å². The molecule has 0 amide bonds. The molecule has 0 N–H and O–H groups in total. The van der Waals surface area contributed by atoms with Crippen LogP contribution in [0.1, 0.15) is 34.6 Å². The quantitative estimate of drug-likeness (QED) is 0.793. The van der Waals surface area contributed by atoms with Crippen LogP contribution in [0.3, 0.4) is 0 Å². The summed E-state index contributed by atoms with van der Waals surface area (Å²) in [6, 6.07) is 4.18. The Hall–Kier alpha value is -2.68. The van der Waals surface area contributed by atoms with E-state index in [0.717, 1.165) is 50.7 Å². The lowest BCUT2D eigenvalue weighted by Crippen LogP contribution is -2.29. The number of aromatic nitrogens is 1. The van der Waals surface area contributed by atoms with E-state index in [1.54, 1.807) is 0 Å². The lowest BCUT2D eigenvalue weighted by molar-refractivity contribution is -0.113. The number of rotatable bonds is 1. The molecule has 0 fully saturated rings. The van der Waals surface area contributed by atoms with Crippen molar-refractivity contribution in [1.82, 2.24) is 4.57 Å². The summed E-state index contributed by atoms with van der Waals surface area (Å²) in [5, 5.41) is 2.18. The molecule has 0 spiro atoms. The Morgan fingerprint density at radius 1 is 0.680 bits per heavy atom. The molecule has 0 unspecified atom stereocenters. The van der Waals surface area contributed by atoms with Gasteiger partial charge in [0, 0.05) is 17.2 Å². The number of ketones is 2. The summed E-state index contributed by atoms with van der Waals surface area (Å²) in [6.07, 6.45) is 7.82. The van der Waals surface area contributed by atoms with Gasteiger partial charge in [-0.1, -0.05) is 0 Å². The molecule has 1 heterocycles. The molecule has 1 aromatic heterocycles. The van der Waals surface area contributed by atoms with Crippen LogP contribution in [0.2, 0.25) is 0 Å². The molecule has 1 aromatic rings. The van der Waals surface area contributed by atoms with Crippen LogP contribution in [0.15, 0.2) is 58.7 Å². The van der Waals surface area contributed by atoms with Crippen molar-refractivity contribution in [3.63, 3.8) is 0 Å². The predicted molar refractivity (Wildman–Crippen MR) is 101 cm³/mol. The lowest BCUT2D eigenvalue weighted by atomic mass is 9.95. The molecule has 2 aliphatic rings. The van der Waals surface area contributed by atoms with Gasteiger partial charge in [-0.05, 0) is 104 Å². The number of hydrogen-bond donors (Lipinski definition) is 0. The predicted octanol–water partition coefficient (Wildman–Crippen LogP) is 2.76. The highest BCUT2D eigenvalue weighted by molar-refractivity contribution is 6.12. The minimum absolute atomic E-state index is 0.107. The van der Waals surface area contributed by atoms with Crippen molar-refractivity contribution in [1.29, 1.82) is 0 Å². The number of carbonyl (C=O) groups excluding carboxylic acids is 2. The van der Waals surface area contributed by atoms with Gasteiger partial charge in [-0.2, -0.15) is 0 Å². The first kappa shape index (κ1) is 17.2. The molecule has 0 radical (unpaired) electrons. The summed E-state index contributed by atoms with van der Waals surface area (Å²) in [4.78, 5) is 24.0. The topological polar surface area (TPSA) is 39.1 Å². The van der Waals surface area contributed by atoms with E-state index in [4.69, 9.17) is 0 Å². The minimum atomic E-state index is 0.107.